The molecular formula is C17H18N4. The van der Waals surface area contributed by atoms with Crippen LogP contribution in [-0.2, 0) is 0 Å². The number of aromatic nitrogens is 3. The first-order chi connectivity index (χ1) is 10.4. The predicted molar refractivity (Wildman–Crippen MR) is 83.9 cm³/mol. The van der Waals surface area contributed by atoms with Crippen molar-refractivity contribution in [2.45, 2.75) is 19.4 Å². The molecule has 0 radical (unpaired) electrons. The van der Waals surface area contributed by atoms with E-state index < -0.39 is 0 Å². The first-order valence-electron chi connectivity index (χ1n) is 7.23. The quantitative estimate of drug-likeness (QED) is 0.779. The Kier molecular flexibility index (Phi) is 4.17. The van der Waals surface area contributed by atoms with Gasteiger partial charge in [0.15, 0.2) is 0 Å². The van der Waals surface area contributed by atoms with Crippen LogP contribution >= 0.6 is 0 Å². The largest absolute Gasteiger partial charge is 0.305 e. The zero-order chi connectivity index (χ0) is 14.5. The Balaban J connectivity index is 2.10. The topological polar surface area (TPSA) is 50.7 Å². The summed E-state index contributed by atoms with van der Waals surface area (Å²) < 4.78 is 0. The number of nitrogens with zero attached hydrogens (tertiary/aromatic N) is 3. The van der Waals surface area contributed by atoms with Crippen LogP contribution in [-0.4, -0.2) is 21.5 Å². The first kappa shape index (κ1) is 13.6. The maximum Gasteiger partial charge on any atom is 0.0802 e. The average molecular weight is 278 g/mol. The van der Waals surface area contributed by atoms with E-state index >= 15 is 0 Å². The maximum absolute atomic E-state index is 4.55. The number of para-hydroxylation sites is 1. The fraction of sp³-hybridized carbons (Fsp3) is 0.235. The monoisotopic (exact) mass is 278 g/mol. The SMILES string of the molecule is CCCNC(c1cnccn1)c1cccc2cccnc12. The van der Waals surface area contributed by atoms with Crippen LogP contribution in [0.5, 0.6) is 0 Å². The van der Waals surface area contributed by atoms with Gasteiger partial charge in [-0.2, -0.15) is 0 Å². The standard InChI is InChI=1S/C17H18N4/c1-2-8-20-17(15-12-18-10-11-19-15)14-7-3-5-13-6-4-9-21-16(13)14/h3-7,9-12,17,20H,2,8H2,1H3. The van der Waals surface area contributed by atoms with Crippen molar-refractivity contribution in [1.82, 2.24) is 20.3 Å². The lowest BCUT2D eigenvalue weighted by Gasteiger charge is -2.19. The highest BCUT2D eigenvalue weighted by Crippen LogP contribution is 2.26. The van der Waals surface area contributed by atoms with Gasteiger partial charge in [0.05, 0.1) is 23.4 Å². The van der Waals surface area contributed by atoms with Gasteiger partial charge in [-0.1, -0.05) is 31.2 Å². The van der Waals surface area contributed by atoms with Crippen molar-refractivity contribution in [1.29, 1.82) is 0 Å². The van der Waals surface area contributed by atoms with Gasteiger partial charge in [-0.25, -0.2) is 0 Å². The lowest BCUT2D eigenvalue weighted by molar-refractivity contribution is 0.586. The second-order valence-electron chi connectivity index (χ2n) is 4.94. The summed E-state index contributed by atoms with van der Waals surface area (Å²) in [6.45, 7) is 3.08. The van der Waals surface area contributed by atoms with Crippen molar-refractivity contribution in [3.63, 3.8) is 0 Å². The van der Waals surface area contributed by atoms with Gasteiger partial charge in [0.25, 0.3) is 0 Å². The summed E-state index contributed by atoms with van der Waals surface area (Å²) in [5, 5.41) is 4.69. The number of hydrogen-bond donors (Lipinski definition) is 1. The van der Waals surface area contributed by atoms with Gasteiger partial charge in [0.2, 0.25) is 0 Å². The lowest BCUT2D eigenvalue weighted by atomic mass is 10.00. The molecule has 21 heavy (non-hydrogen) atoms. The highest BCUT2D eigenvalue weighted by molar-refractivity contribution is 5.82. The van der Waals surface area contributed by atoms with Crippen molar-refractivity contribution < 1.29 is 0 Å². The molecule has 0 saturated carbocycles. The summed E-state index contributed by atoms with van der Waals surface area (Å²) in [6, 6.07) is 10.3. The molecule has 1 N–H and O–H groups in total. The molecule has 0 saturated heterocycles. The molecular weight excluding hydrogens is 260 g/mol. The molecule has 0 aliphatic rings. The van der Waals surface area contributed by atoms with Crippen LogP contribution in [0, 0.1) is 0 Å². The normalized spacial score (nSPS) is 12.4. The second-order valence-corrected chi connectivity index (χ2v) is 4.94. The van der Waals surface area contributed by atoms with Crippen molar-refractivity contribution >= 4 is 10.9 Å². The van der Waals surface area contributed by atoms with Gasteiger partial charge in [0.1, 0.15) is 0 Å². The highest BCUT2D eigenvalue weighted by Gasteiger charge is 2.17. The molecule has 106 valence electrons. The van der Waals surface area contributed by atoms with Crippen LogP contribution in [0.15, 0.2) is 55.1 Å². The Bertz CT molecular complexity index is 707. The molecule has 1 atom stereocenters. The van der Waals surface area contributed by atoms with E-state index in [0.717, 1.165) is 35.1 Å². The Morgan fingerprint density at radius 2 is 1.95 bits per heavy atom. The van der Waals surface area contributed by atoms with Gasteiger partial charge in [-0.3, -0.25) is 15.0 Å². The Labute approximate surface area is 124 Å². The van der Waals surface area contributed by atoms with E-state index in [4.69, 9.17) is 0 Å². The summed E-state index contributed by atoms with van der Waals surface area (Å²) in [5.74, 6) is 0. The molecule has 1 aromatic carbocycles. The molecule has 0 fully saturated rings. The van der Waals surface area contributed by atoms with E-state index in [-0.39, 0.29) is 6.04 Å². The molecule has 1 unspecified atom stereocenters. The summed E-state index contributed by atoms with van der Waals surface area (Å²) in [6.07, 6.45) is 8.14. The summed E-state index contributed by atoms with van der Waals surface area (Å²) >= 11 is 0. The van der Waals surface area contributed by atoms with E-state index in [1.165, 1.54) is 0 Å². The van der Waals surface area contributed by atoms with Crippen LogP contribution in [0.3, 0.4) is 0 Å². The zero-order valence-electron chi connectivity index (χ0n) is 12.0. The minimum Gasteiger partial charge on any atom is -0.305 e. The van der Waals surface area contributed by atoms with Gasteiger partial charge < -0.3 is 5.32 Å². The summed E-state index contributed by atoms with van der Waals surface area (Å²) in [7, 11) is 0. The number of hydrogen-bond acceptors (Lipinski definition) is 4. The molecule has 0 amide bonds. The number of benzene rings is 1. The van der Waals surface area contributed by atoms with E-state index in [0.29, 0.717) is 0 Å². The number of rotatable bonds is 5. The van der Waals surface area contributed by atoms with E-state index in [1.807, 2.05) is 18.5 Å². The minimum absolute atomic E-state index is 0.0113. The molecule has 0 bridgehead atoms. The van der Waals surface area contributed by atoms with E-state index in [9.17, 15) is 0 Å². The predicted octanol–water partition coefficient (Wildman–Crippen LogP) is 3.11. The van der Waals surface area contributed by atoms with Crippen LogP contribution < -0.4 is 5.32 Å². The Morgan fingerprint density at radius 1 is 1.05 bits per heavy atom. The third-order valence-corrected chi connectivity index (χ3v) is 3.45. The van der Waals surface area contributed by atoms with Crippen LogP contribution in [0.1, 0.15) is 30.6 Å². The molecule has 0 spiro atoms. The highest BCUT2D eigenvalue weighted by atomic mass is 15.0. The Morgan fingerprint density at radius 3 is 2.76 bits per heavy atom. The molecule has 4 nitrogen and oxygen atoms in total. The summed E-state index contributed by atoms with van der Waals surface area (Å²) in [4.78, 5) is 13.2. The van der Waals surface area contributed by atoms with Crippen LogP contribution in [0.4, 0.5) is 0 Å². The molecule has 3 aromatic rings. The maximum atomic E-state index is 4.55. The number of fused-ring (bicyclic) bond motifs is 1. The first-order valence-corrected chi connectivity index (χ1v) is 7.23. The van der Waals surface area contributed by atoms with Gasteiger partial charge >= 0.3 is 0 Å². The molecule has 3 rings (SSSR count). The van der Waals surface area contributed by atoms with Crippen molar-refractivity contribution in [3.05, 3.63) is 66.4 Å². The molecule has 0 aliphatic heterocycles. The number of pyridine rings is 1. The zero-order valence-corrected chi connectivity index (χ0v) is 12.0. The molecule has 0 aliphatic carbocycles. The Hall–Kier alpha value is -2.33. The van der Waals surface area contributed by atoms with E-state index in [2.05, 4.69) is 51.5 Å². The molecule has 4 heteroatoms. The van der Waals surface area contributed by atoms with Crippen LogP contribution in [0.2, 0.25) is 0 Å². The lowest BCUT2D eigenvalue weighted by Crippen LogP contribution is -2.24. The van der Waals surface area contributed by atoms with Gasteiger partial charge in [-0.15, -0.1) is 0 Å². The third-order valence-electron chi connectivity index (χ3n) is 3.45. The van der Waals surface area contributed by atoms with Crippen LogP contribution in [0.25, 0.3) is 10.9 Å². The second kappa shape index (κ2) is 6.41. The molecule has 2 aromatic heterocycles. The number of nitrogens with one attached hydrogen (secondary N) is 1. The van der Waals surface area contributed by atoms with E-state index in [1.54, 1.807) is 12.4 Å². The third kappa shape index (κ3) is 2.90. The van der Waals surface area contributed by atoms with Gasteiger partial charge in [0, 0.05) is 29.5 Å². The van der Waals surface area contributed by atoms with Crippen molar-refractivity contribution in [3.8, 4) is 0 Å². The average Bonchev–Trinajstić information content (AvgIpc) is 2.56. The fourth-order valence-electron chi connectivity index (χ4n) is 2.48. The van der Waals surface area contributed by atoms with Crippen molar-refractivity contribution in [2.75, 3.05) is 6.54 Å². The molecule has 2 heterocycles. The smallest absolute Gasteiger partial charge is 0.0802 e. The van der Waals surface area contributed by atoms with Crippen molar-refractivity contribution in [2.24, 2.45) is 0 Å². The summed E-state index contributed by atoms with van der Waals surface area (Å²) in [5.41, 5.74) is 3.07. The fourth-order valence-corrected chi connectivity index (χ4v) is 2.48. The minimum atomic E-state index is 0.0113. The van der Waals surface area contributed by atoms with Gasteiger partial charge in [-0.05, 0) is 19.0 Å².